The van der Waals surface area contributed by atoms with Crippen molar-refractivity contribution < 1.29 is 4.92 Å². The maximum Gasteiger partial charge on any atom is 0.287 e. The molecule has 1 rings (SSSR count). The number of hydrogen-bond acceptors (Lipinski definition) is 2. The Morgan fingerprint density at radius 1 is 1.54 bits per heavy atom. The molecule has 0 aliphatic carbocycles. The number of nitrogens with zero attached hydrogens (tertiary/aromatic N) is 1. The second-order valence-corrected chi connectivity index (χ2v) is 4.06. The van der Waals surface area contributed by atoms with E-state index in [-0.39, 0.29) is 10.6 Å². The Hall–Kier alpha value is -0.420. The second-order valence-electron chi connectivity index (χ2n) is 2.65. The molecule has 0 aliphatic heterocycles. The fourth-order valence-electron chi connectivity index (χ4n) is 1.11. The summed E-state index contributed by atoms with van der Waals surface area (Å²) in [5.74, 6) is 0. The van der Waals surface area contributed by atoms with E-state index >= 15 is 0 Å². The molecule has 0 amide bonds. The van der Waals surface area contributed by atoms with Crippen LogP contribution in [0.15, 0.2) is 16.6 Å². The van der Waals surface area contributed by atoms with Crippen LogP contribution >= 0.6 is 31.9 Å². The highest BCUT2D eigenvalue weighted by Gasteiger charge is 2.17. The van der Waals surface area contributed by atoms with Crippen molar-refractivity contribution in [3.63, 3.8) is 0 Å². The summed E-state index contributed by atoms with van der Waals surface area (Å²) in [6.45, 7) is 1.90. The number of hydrogen-bond donors (Lipinski definition) is 0. The highest BCUT2D eigenvalue weighted by molar-refractivity contribution is 9.10. The average molecular weight is 309 g/mol. The molecule has 0 spiro atoms. The SMILES string of the molecule is Cc1cc(Br)c([N+](=O)[O-])c(CBr)c1. The molecule has 3 nitrogen and oxygen atoms in total. The van der Waals surface area contributed by atoms with Crippen LogP contribution in [0.5, 0.6) is 0 Å². The lowest BCUT2D eigenvalue weighted by Gasteiger charge is -2.02. The Balaban J connectivity index is 3.38. The van der Waals surface area contributed by atoms with Gasteiger partial charge in [-0.2, -0.15) is 0 Å². The van der Waals surface area contributed by atoms with Gasteiger partial charge in [0, 0.05) is 10.9 Å². The molecular weight excluding hydrogens is 302 g/mol. The number of alkyl halides is 1. The molecule has 0 saturated carbocycles. The molecule has 0 unspecified atom stereocenters. The number of nitro benzene ring substituents is 1. The smallest absolute Gasteiger partial charge is 0.258 e. The van der Waals surface area contributed by atoms with Crippen LogP contribution in [0.2, 0.25) is 0 Å². The van der Waals surface area contributed by atoms with Crippen molar-refractivity contribution >= 4 is 37.5 Å². The first-order valence-corrected chi connectivity index (χ1v) is 5.47. The number of aryl methyl sites for hydroxylation is 1. The van der Waals surface area contributed by atoms with Crippen molar-refractivity contribution in [2.75, 3.05) is 0 Å². The third-order valence-corrected chi connectivity index (χ3v) is 2.82. The molecule has 0 heterocycles. The molecule has 1 aromatic rings. The van der Waals surface area contributed by atoms with Crippen LogP contribution in [0.25, 0.3) is 0 Å². The Bertz CT molecular complexity index is 352. The zero-order chi connectivity index (χ0) is 10.0. The third kappa shape index (κ3) is 2.28. The minimum atomic E-state index is -0.375. The Morgan fingerprint density at radius 3 is 2.62 bits per heavy atom. The van der Waals surface area contributed by atoms with E-state index < -0.39 is 0 Å². The molecule has 0 atom stereocenters. The van der Waals surface area contributed by atoms with Crippen molar-refractivity contribution in [1.82, 2.24) is 0 Å². The molecule has 70 valence electrons. The lowest BCUT2D eigenvalue weighted by atomic mass is 10.1. The lowest BCUT2D eigenvalue weighted by Crippen LogP contribution is -1.95. The molecule has 5 heteroatoms. The largest absolute Gasteiger partial charge is 0.287 e. The van der Waals surface area contributed by atoms with E-state index in [0.717, 1.165) is 5.56 Å². The van der Waals surface area contributed by atoms with E-state index in [2.05, 4.69) is 31.9 Å². The maximum atomic E-state index is 10.7. The Labute approximate surface area is 92.5 Å². The predicted molar refractivity (Wildman–Crippen MR) is 58.2 cm³/mol. The highest BCUT2D eigenvalue weighted by atomic mass is 79.9. The van der Waals surface area contributed by atoms with Gasteiger partial charge < -0.3 is 0 Å². The Morgan fingerprint density at radius 2 is 2.15 bits per heavy atom. The van der Waals surface area contributed by atoms with Crippen molar-refractivity contribution in [3.8, 4) is 0 Å². The summed E-state index contributed by atoms with van der Waals surface area (Å²) in [6.07, 6.45) is 0. The van der Waals surface area contributed by atoms with E-state index in [4.69, 9.17) is 0 Å². The van der Waals surface area contributed by atoms with Gasteiger partial charge in [0.15, 0.2) is 0 Å². The standard InChI is InChI=1S/C8H7Br2NO2/c1-5-2-6(4-9)8(11(12)13)7(10)3-5/h2-3H,4H2,1H3. The fraction of sp³-hybridized carbons (Fsp3) is 0.250. The zero-order valence-electron chi connectivity index (χ0n) is 6.88. The van der Waals surface area contributed by atoms with Gasteiger partial charge >= 0.3 is 0 Å². The second kappa shape index (κ2) is 4.19. The minimum Gasteiger partial charge on any atom is -0.258 e. The van der Waals surface area contributed by atoms with E-state index in [0.29, 0.717) is 15.4 Å². The Kier molecular flexibility index (Phi) is 3.44. The van der Waals surface area contributed by atoms with Gasteiger partial charge in [-0.25, -0.2) is 0 Å². The first-order chi connectivity index (χ1) is 6.06. The maximum absolute atomic E-state index is 10.7. The number of nitro groups is 1. The summed E-state index contributed by atoms with van der Waals surface area (Å²) in [4.78, 5) is 10.3. The van der Waals surface area contributed by atoms with Crippen LogP contribution in [0.4, 0.5) is 5.69 Å². The molecule has 0 radical (unpaired) electrons. The normalized spacial score (nSPS) is 10.1. The van der Waals surface area contributed by atoms with E-state index in [1.165, 1.54) is 0 Å². The van der Waals surface area contributed by atoms with Gasteiger partial charge in [0.2, 0.25) is 0 Å². The lowest BCUT2D eigenvalue weighted by molar-refractivity contribution is -0.386. The fourth-order valence-corrected chi connectivity index (χ4v) is 2.30. The summed E-state index contributed by atoms with van der Waals surface area (Å²) in [7, 11) is 0. The van der Waals surface area contributed by atoms with Gasteiger partial charge in [-0.3, -0.25) is 10.1 Å². The van der Waals surface area contributed by atoms with Gasteiger partial charge in [-0.05, 0) is 40.5 Å². The van der Waals surface area contributed by atoms with Crippen molar-refractivity contribution in [2.24, 2.45) is 0 Å². The van der Waals surface area contributed by atoms with E-state index in [1.807, 2.05) is 6.92 Å². The molecule has 0 saturated heterocycles. The highest BCUT2D eigenvalue weighted by Crippen LogP contribution is 2.31. The molecule has 0 aromatic heterocycles. The van der Waals surface area contributed by atoms with Crippen LogP contribution in [-0.4, -0.2) is 4.92 Å². The quantitative estimate of drug-likeness (QED) is 0.476. The third-order valence-electron chi connectivity index (χ3n) is 1.61. The first-order valence-electron chi connectivity index (χ1n) is 3.55. The van der Waals surface area contributed by atoms with Crippen LogP contribution in [0, 0.1) is 17.0 Å². The summed E-state index contributed by atoms with van der Waals surface area (Å²) in [6, 6.07) is 3.54. The molecule has 0 fully saturated rings. The first kappa shape index (κ1) is 10.7. The topological polar surface area (TPSA) is 43.1 Å². The van der Waals surface area contributed by atoms with Crippen LogP contribution in [0.3, 0.4) is 0 Å². The van der Waals surface area contributed by atoms with Gasteiger partial charge in [-0.1, -0.05) is 15.9 Å². The molecule has 0 bridgehead atoms. The van der Waals surface area contributed by atoms with Crippen molar-refractivity contribution in [2.45, 2.75) is 12.3 Å². The number of halogens is 2. The van der Waals surface area contributed by atoms with Crippen molar-refractivity contribution in [3.05, 3.63) is 37.8 Å². The number of rotatable bonds is 2. The van der Waals surface area contributed by atoms with Crippen molar-refractivity contribution in [1.29, 1.82) is 0 Å². The summed E-state index contributed by atoms with van der Waals surface area (Å²) < 4.78 is 0.534. The predicted octanol–water partition coefficient (Wildman–Crippen LogP) is 3.56. The zero-order valence-corrected chi connectivity index (χ0v) is 10.1. The van der Waals surface area contributed by atoms with E-state index in [1.54, 1.807) is 12.1 Å². The molecule has 1 aromatic carbocycles. The summed E-state index contributed by atoms with van der Waals surface area (Å²) >= 11 is 6.40. The monoisotopic (exact) mass is 307 g/mol. The molecule has 0 aliphatic rings. The van der Waals surface area contributed by atoms with Gasteiger partial charge in [0.1, 0.15) is 0 Å². The van der Waals surface area contributed by atoms with Gasteiger partial charge in [0.25, 0.3) is 5.69 Å². The summed E-state index contributed by atoms with van der Waals surface area (Å²) in [5, 5.41) is 11.2. The van der Waals surface area contributed by atoms with Crippen LogP contribution in [-0.2, 0) is 5.33 Å². The van der Waals surface area contributed by atoms with E-state index in [9.17, 15) is 10.1 Å². The molecule has 13 heavy (non-hydrogen) atoms. The van der Waals surface area contributed by atoms with Crippen LogP contribution in [0.1, 0.15) is 11.1 Å². The average Bonchev–Trinajstić information content (AvgIpc) is 2.01. The summed E-state index contributed by atoms with van der Waals surface area (Å²) in [5.41, 5.74) is 1.84. The minimum absolute atomic E-state index is 0.141. The van der Waals surface area contributed by atoms with Gasteiger partial charge in [0.05, 0.1) is 9.40 Å². The van der Waals surface area contributed by atoms with Gasteiger partial charge in [-0.15, -0.1) is 0 Å². The number of benzene rings is 1. The van der Waals surface area contributed by atoms with Crippen LogP contribution < -0.4 is 0 Å². The molecular formula is C8H7Br2NO2. The molecule has 0 N–H and O–H groups in total.